The molecule has 0 aliphatic carbocycles. The monoisotopic (exact) mass is 434 g/mol. The van der Waals surface area contributed by atoms with Crippen LogP contribution in [0, 0.1) is 0 Å². The Balaban J connectivity index is 2.12. The van der Waals surface area contributed by atoms with Crippen LogP contribution in [-0.2, 0) is 9.84 Å². The molecule has 0 saturated carbocycles. The minimum atomic E-state index is -5.04. The summed E-state index contributed by atoms with van der Waals surface area (Å²) in [6.07, 6.45) is -0.567. The van der Waals surface area contributed by atoms with Crippen LogP contribution in [0.15, 0.2) is 64.0 Å². The molecule has 0 spiro atoms. The lowest BCUT2D eigenvalue weighted by Gasteiger charge is -2.32. The highest BCUT2D eigenvalue weighted by Gasteiger charge is 2.59. The number of aliphatic hydroxyl groups is 1. The maximum absolute atomic E-state index is 14.5. The van der Waals surface area contributed by atoms with Crippen LogP contribution in [0.1, 0.15) is 13.3 Å². The number of ether oxygens (including phenoxy) is 1. The molecule has 0 saturated heterocycles. The second kappa shape index (κ2) is 7.39. The topological polar surface area (TPSA) is 63.6 Å². The smallest absolute Gasteiger partial charge is 0.377 e. The first-order chi connectivity index (χ1) is 11.6. The molecule has 0 aliphatic rings. The van der Waals surface area contributed by atoms with Crippen LogP contribution in [0.2, 0.25) is 0 Å². The fourth-order valence-electron chi connectivity index (χ4n) is 2.08. The second-order valence-corrected chi connectivity index (χ2v) is 8.57. The molecule has 0 unspecified atom stereocenters. The van der Waals surface area contributed by atoms with Crippen molar-refractivity contribution in [3.63, 3.8) is 0 Å². The number of hydrogen-bond donors (Lipinski definition) is 1. The van der Waals surface area contributed by atoms with Crippen LogP contribution in [0.25, 0.3) is 0 Å². The molecule has 4 nitrogen and oxygen atoms in total. The molecule has 0 aromatic heterocycles. The van der Waals surface area contributed by atoms with Crippen LogP contribution in [-0.4, -0.2) is 31.0 Å². The summed E-state index contributed by atoms with van der Waals surface area (Å²) in [6.45, 7) is 0.521. The largest absolute Gasteiger partial charge is 0.493 e. The summed E-state index contributed by atoms with van der Waals surface area (Å²) >= 11 is 3.25. The van der Waals surface area contributed by atoms with Crippen LogP contribution >= 0.6 is 15.9 Å². The zero-order valence-electron chi connectivity index (χ0n) is 13.3. The number of benzene rings is 2. The molecule has 0 bridgehead atoms. The minimum absolute atomic E-state index is 0.269. The highest BCUT2D eigenvalue weighted by molar-refractivity contribution is 9.10. The van der Waals surface area contributed by atoms with Gasteiger partial charge in [0.1, 0.15) is 11.4 Å². The van der Waals surface area contributed by atoms with E-state index in [9.17, 15) is 22.3 Å². The van der Waals surface area contributed by atoms with Crippen LogP contribution in [0.5, 0.6) is 5.75 Å². The maximum Gasteiger partial charge on any atom is 0.377 e. The third-order valence-electron chi connectivity index (χ3n) is 3.69. The number of rotatable bonds is 7. The number of halogens is 3. The quantitative estimate of drug-likeness (QED) is 0.714. The first-order valence-electron chi connectivity index (χ1n) is 7.36. The van der Waals surface area contributed by atoms with Gasteiger partial charge in [0.25, 0.3) is 0 Å². The molecule has 1 atom stereocenters. The predicted molar refractivity (Wildman–Crippen MR) is 93.5 cm³/mol. The van der Waals surface area contributed by atoms with E-state index >= 15 is 0 Å². The Labute approximate surface area is 153 Å². The van der Waals surface area contributed by atoms with Crippen molar-refractivity contribution in [2.45, 2.75) is 29.1 Å². The van der Waals surface area contributed by atoms with Gasteiger partial charge in [-0.1, -0.05) is 34.1 Å². The lowest BCUT2D eigenvalue weighted by molar-refractivity contribution is -0.122. The molecular weight excluding hydrogens is 418 g/mol. The first-order valence-corrected chi connectivity index (χ1v) is 9.64. The maximum atomic E-state index is 14.5. The van der Waals surface area contributed by atoms with Gasteiger partial charge in [0.05, 0.1) is 11.5 Å². The predicted octanol–water partition coefficient (Wildman–Crippen LogP) is 4.04. The van der Waals surface area contributed by atoms with Gasteiger partial charge in [-0.15, -0.1) is 0 Å². The number of sulfone groups is 1. The zero-order valence-corrected chi connectivity index (χ0v) is 15.7. The average molecular weight is 435 g/mol. The van der Waals surface area contributed by atoms with Gasteiger partial charge in [0, 0.05) is 10.9 Å². The van der Waals surface area contributed by atoms with E-state index in [0.29, 0.717) is 5.75 Å². The molecule has 1 N–H and O–H groups in total. The lowest BCUT2D eigenvalue weighted by atomic mass is 10.0. The molecule has 136 valence electrons. The van der Waals surface area contributed by atoms with Crippen molar-refractivity contribution < 1.29 is 27.0 Å². The summed E-state index contributed by atoms with van der Waals surface area (Å²) in [5, 5.41) is 5.77. The Bertz CT molecular complexity index is 806. The second-order valence-electron chi connectivity index (χ2n) is 5.66. The number of alkyl halides is 2. The van der Waals surface area contributed by atoms with Crippen molar-refractivity contribution in [3.8, 4) is 5.75 Å². The third kappa shape index (κ3) is 4.19. The molecular formula is C17H17BrF2O4S. The van der Waals surface area contributed by atoms with Gasteiger partial charge in [-0.05, 0) is 43.3 Å². The van der Waals surface area contributed by atoms with Gasteiger partial charge in [-0.3, -0.25) is 0 Å². The fourth-order valence-corrected chi connectivity index (χ4v) is 3.84. The molecule has 25 heavy (non-hydrogen) atoms. The fraction of sp³-hybridized carbons (Fsp3) is 0.294. The Morgan fingerprint density at radius 1 is 1.08 bits per heavy atom. The number of hydrogen-bond acceptors (Lipinski definition) is 4. The molecule has 2 aromatic carbocycles. The summed E-state index contributed by atoms with van der Waals surface area (Å²) in [6, 6.07) is 13.0. The summed E-state index contributed by atoms with van der Waals surface area (Å²) < 4.78 is 59.6. The molecule has 0 fully saturated rings. The van der Waals surface area contributed by atoms with E-state index < -0.39 is 32.0 Å². The molecule has 0 aliphatic heterocycles. The van der Waals surface area contributed by atoms with Gasteiger partial charge in [0.2, 0.25) is 9.84 Å². The summed E-state index contributed by atoms with van der Waals surface area (Å²) in [5.74, 6) is 0.424. The van der Waals surface area contributed by atoms with E-state index in [0.717, 1.165) is 23.5 Å². The SMILES string of the molecule is C[C@@](O)(CCOc1ccc(Br)cc1)C(F)(F)S(=O)(=O)c1ccccc1. The highest BCUT2D eigenvalue weighted by atomic mass is 79.9. The summed E-state index contributed by atoms with van der Waals surface area (Å²) in [5.41, 5.74) is -2.79. The average Bonchev–Trinajstić information content (AvgIpc) is 2.57. The molecule has 0 radical (unpaired) electrons. The van der Waals surface area contributed by atoms with Crippen molar-refractivity contribution in [1.82, 2.24) is 0 Å². The highest BCUT2D eigenvalue weighted by Crippen LogP contribution is 2.40. The Kier molecular flexibility index (Phi) is 5.86. The van der Waals surface area contributed by atoms with E-state index in [4.69, 9.17) is 4.74 Å². The Morgan fingerprint density at radius 3 is 2.20 bits per heavy atom. The first kappa shape index (κ1) is 19.8. The molecule has 2 aromatic rings. The standard InChI is InChI=1S/C17H17BrF2O4S/c1-16(21,11-12-24-14-9-7-13(18)8-10-14)17(19,20)25(22,23)15-5-3-2-4-6-15/h2-10,21H,11-12H2,1H3/t16-/m1/s1. The van der Waals surface area contributed by atoms with Crippen molar-refractivity contribution in [2.75, 3.05) is 6.61 Å². The molecule has 0 heterocycles. The van der Waals surface area contributed by atoms with Crippen molar-refractivity contribution in [1.29, 1.82) is 0 Å². The van der Waals surface area contributed by atoms with Crippen LogP contribution < -0.4 is 4.74 Å². The summed E-state index contributed by atoms with van der Waals surface area (Å²) in [4.78, 5) is -0.547. The zero-order chi connectivity index (χ0) is 18.7. The Morgan fingerprint density at radius 2 is 1.64 bits per heavy atom. The molecule has 0 amide bonds. The summed E-state index contributed by atoms with van der Waals surface area (Å²) in [7, 11) is -5.04. The van der Waals surface area contributed by atoms with Crippen LogP contribution in [0.4, 0.5) is 8.78 Å². The van der Waals surface area contributed by atoms with Gasteiger partial charge in [0.15, 0.2) is 0 Å². The molecule has 8 heteroatoms. The van der Waals surface area contributed by atoms with Crippen molar-refractivity contribution in [2.24, 2.45) is 0 Å². The van der Waals surface area contributed by atoms with Gasteiger partial charge < -0.3 is 9.84 Å². The minimum Gasteiger partial charge on any atom is -0.493 e. The van der Waals surface area contributed by atoms with Gasteiger partial charge >= 0.3 is 5.25 Å². The van der Waals surface area contributed by atoms with E-state index in [2.05, 4.69) is 15.9 Å². The van der Waals surface area contributed by atoms with E-state index in [1.54, 1.807) is 24.3 Å². The molecule has 2 rings (SSSR count). The van der Waals surface area contributed by atoms with Gasteiger partial charge in [-0.2, -0.15) is 8.78 Å². The lowest BCUT2D eigenvalue weighted by Crippen LogP contribution is -2.51. The van der Waals surface area contributed by atoms with E-state index in [1.807, 2.05) is 0 Å². The van der Waals surface area contributed by atoms with Crippen LogP contribution in [0.3, 0.4) is 0 Å². The normalized spacial score (nSPS) is 14.8. The third-order valence-corrected chi connectivity index (χ3v) is 6.23. The Hall–Kier alpha value is -1.51. The van der Waals surface area contributed by atoms with E-state index in [1.165, 1.54) is 18.2 Å². The van der Waals surface area contributed by atoms with Crippen molar-refractivity contribution >= 4 is 25.8 Å². The van der Waals surface area contributed by atoms with Gasteiger partial charge in [-0.25, -0.2) is 8.42 Å². The van der Waals surface area contributed by atoms with Crippen molar-refractivity contribution in [3.05, 3.63) is 59.1 Å². The van der Waals surface area contributed by atoms with E-state index in [-0.39, 0.29) is 6.61 Å².